The highest BCUT2D eigenvalue weighted by molar-refractivity contribution is 5.91. The van der Waals surface area contributed by atoms with E-state index in [9.17, 15) is 4.79 Å². The summed E-state index contributed by atoms with van der Waals surface area (Å²) in [6, 6.07) is 13.2. The highest BCUT2D eigenvalue weighted by Crippen LogP contribution is 2.30. The molecule has 5 nitrogen and oxygen atoms in total. The lowest BCUT2D eigenvalue weighted by molar-refractivity contribution is -0.114. The zero-order valence-electron chi connectivity index (χ0n) is 15.0. The number of unbranched alkanes of at least 4 members (excludes halogenated alkanes) is 3. The molecule has 0 aliphatic rings. The fraction of sp³-hybridized carbons (Fsp3) is 0.350. The first-order valence-corrected chi connectivity index (χ1v) is 8.75. The van der Waals surface area contributed by atoms with Gasteiger partial charge in [-0.25, -0.2) is 0 Å². The van der Waals surface area contributed by atoms with Crippen molar-refractivity contribution in [1.29, 1.82) is 0 Å². The second kappa shape index (κ2) is 9.57. The van der Waals surface area contributed by atoms with Crippen LogP contribution in [0.2, 0.25) is 0 Å². The van der Waals surface area contributed by atoms with Gasteiger partial charge >= 0.3 is 0 Å². The molecule has 0 aliphatic heterocycles. The first-order valence-electron chi connectivity index (χ1n) is 8.75. The highest BCUT2D eigenvalue weighted by Gasteiger charge is 2.07. The molecular formula is C20H27N3O2. The summed E-state index contributed by atoms with van der Waals surface area (Å²) in [6.45, 7) is 4.31. The summed E-state index contributed by atoms with van der Waals surface area (Å²) in [5.41, 5.74) is 8.95. The van der Waals surface area contributed by atoms with E-state index < -0.39 is 0 Å². The fourth-order valence-corrected chi connectivity index (χ4v) is 2.46. The van der Waals surface area contributed by atoms with Gasteiger partial charge in [-0.15, -0.1) is 0 Å². The average molecular weight is 341 g/mol. The van der Waals surface area contributed by atoms with Gasteiger partial charge in [0.2, 0.25) is 5.91 Å². The minimum atomic E-state index is -0.116. The summed E-state index contributed by atoms with van der Waals surface area (Å²) < 4.78 is 5.91. The van der Waals surface area contributed by atoms with Crippen LogP contribution < -0.4 is 21.1 Å². The summed E-state index contributed by atoms with van der Waals surface area (Å²) in [5.74, 6) is 0.558. The molecule has 0 saturated heterocycles. The van der Waals surface area contributed by atoms with Crippen LogP contribution >= 0.6 is 0 Å². The molecule has 25 heavy (non-hydrogen) atoms. The maximum absolute atomic E-state index is 11.4. The van der Waals surface area contributed by atoms with Gasteiger partial charge in [-0.3, -0.25) is 4.79 Å². The first kappa shape index (κ1) is 18.6. The number of rotatable bonds is 9. The molecule has 134 valence electrons. The Morgan fingerprint density at radius 2 is 1.76 bits per heavy atom. The number of nitrogens with one attached hydrogen (secondary N) is 2. The molecule has 2 aromatic carbocycles. The van der Waals surface area contributed by atoms with E-state index in [2.05, 4.69) is 17.6 Å². The number of amides is 1. The Kier molecular flexibility index (Phi) is 7.14. The van der Waals surface area contributed by atoms with Gasteiger partial charge in [0.1, 0.15) is 5.75 Å². The normalized spacial score (nSPS) is 10.3. The third-order valence-corrected chi connectivity index (χ3v) is 3.75. The Morgan fingerprint density at radius 3 is 2.44 bits per heavy atom. The maximum Gasteiger partial charge on any atom is 0.221 e. The molecule has 0 atom stereocenters. The SMILES string of the molecule is CCCCCCOc1cc(Nc2ccc(N)cc2)ccc1NC(C)=O. The average Bonchev–Trinajstić information content (AvgIpc) is 2.58. The van der Waals surface area contributed by atoms with Crippen molar-refractivity contribution >= 4 is 28.7 Å². The summed E-state index contributed by atoms with van der Waals surface area (Å²) in [4.78, 5) is 11.4. The molecule has 2 aromatic rings. The monoisotopic (exact) mass is 341 g/mol. The number of hydrogen-bond acceptors (Lipinski definition) is 4. The summed E-state index contributed by atoms with van der Waals surface area (Å²) in [6.07, 6.45) is 4.55. The van der Waals surface area contributed by atoms with Crippen LogP contribution in [-0.4, -0.2) is 12.5 Å². The second-order valence-corrected chi connectivity index (χ2v) is 6.05. The molecule has 0 radical (unpaired) electrons. The van der Waals surface area contributed by atoms with Gasteiger partial charge in [-0.05, 0) is 42.8 Å². The molecule has 0 unspecified atom stereocenters. The Hall–Kier alpha value is -2.69. The van der Waals surface area contributed by atoms with Crippen LogP contribution in [0.4, 0.5) is 22.7 Å². The first-order chi connectivity index (χ1) is 12.1. The molecule has 0 spiro atoms. The van der Waals surface area contributed by atoms with Gasteiger partial charge in [-0.1, -0.05) is 26.2 Å². The number of nitrogens with two attached hydrogens (primary N) is 1. The van der Waals surface area contributed by atoms with Crippen molar-refractivity contribution in [1.82, 2.24) is 0 Å². The van der Waals surface area contributed by atoms with Crippen LogP contribution in [0, 0.1) is 0 Å². The topological polar surface area (TPSA) is 76.4 Å². The van der Waals surface area contributed by atoms with Gasteiger partial charge < -0.3 is 21.1 Å². The summed E-state index contributed by atoms with van der Waals surface area (Å²) in [7, 11) is 0. The van der Waals surface area contributed by atoms with E-state index in [4.69, 9.17) is 10.5 Å². The third kappa shape index (κ3) is 6.37. The molecule has 4 N–H and O–H groups in total. The Morgan fingerprint density at radius 1 is 1.04 bits per heavy atom. The smallest absolute Gasteiger partial charge is 0.221 e. The molecule has 5 heteroatoms. The lowest BCUT2D eigenvalue weighted by Gasteiger charge is -2.14. The van der Waals surface area contributed by atoms with E-state index in [0.29, 0.717) is 18.0 Å². The molecule has 0 fully saturated rings. The number of carbonyl (C=O) groups is 1. The van der Waals surface area contributed by atoms with Crippen molar-refractivity contribution < 1.29 is 9.53 Å². The standard InChI is InChI=1S/C20H27N3O2/c1-3-4-5-6-13-25-20-14-18(11-12-19(20)22-15(2)24)23-17-9-7-16(21)8-10-17/h7-12,14,23H,3-6,13,21H2,1-2H3,(H,22,24). The molecule has 1 amide bonds. The van der Waals surface area contributed by atoms with E-state index in [1.165, 1.54) is 19.8 Å². The van der Waals surface area contributed by atoms with Crippen molar-refractivity contribution in [3.05, 3.63) is 42.5 Å². The minimum absolute atomic E-state index is 0.116. The number of carbonyl (C=O) groups excluding carboxylic acids is 1. The Bertz CT molecular complexity index is 684. The second-order valence-electron chi connectivity index (χ2n) is 6.05. The van der Waals surface area contributed by atoms with Crippen molar-refractivity contribution in [2.24, 2.45) is 0 Å². The highest BCUT2D eigenvalue weighted by atomic mass is 16.5. The van der Waals surface area contributed by atoms with Crippen LogP contribution in [0.1, 0.15) is 39.5 Å². The minimum Gasteiger partial charge on any atom is -0.491 e. The number of anilines is 4. The molecule has 0 heterocycles. The van der Waals surface area contributed by atoms with Crippen molar-refractivity contribution in [2.75, 3.05) is 23.0 Å². The lowest BCUT2D eigenvalue weighted by Crippen LogP contribution is -2.08. The van der Waals surface area contributed by atoms with Gasteiger partial charge in [0.15, 0.2) is 0 Å². The molecule has 0 aromatic heterocycles. The van der Waals surface area contributed by atoms with Gasteiger partial charge in [0.25, 0.3) is 0 Å². The Labute approximate surface area is 149 Å². The zero-order valence-corrected chi connectivity index (χ0v) is 15.0. The van der Waals surface area contributed by atoms with Crippen LogP contribution in [0.15, 0.2) is 42.5 Å². The zero-order chi connectivity index (χ0) is 18.1. The largest absolute Gasteiger partial charge is 0.491 e. The quantitative estimate of drug-likeness (QED) is 0.446. The van der Waals surface area contributed by atoms with Crippen LogP contribution in [0.25, 0.3) is 0 Å². The Balaban J connectivity index is 2.08. The fourth-order valence-electron chi connectivity index (χ4n) is 2.46. The van der Waals surface area contributed by atoms with E-state index in [1.54, 1.807) is 0 Å². The number of hydrogen-bond donors (Lipinski definition) is 3. The van der Waals surface area contributed by atoms with Crippen LogP contribution in [0.5, 0.6) is 5.75 Å². The van der Waals surface area contributed by atoms with Gasteiger partial charge in [-0.2, -0.15) is 0 Å². The van der Waals surface area contributed by atoms with Crippen molar-refractivity contribution in [3.8, 4) is 5.75 Å². The molecule has 2 rings (SSSR count). The van der Waals surface area contributed by atoms with E-state index in [0.717, 1.165) is 29.9 Å². The predicted molar refractivity (Wildman–Crippen MR) is 105 cm³/mol. The maximum atomic E-state index is 11.4. The van der Waals surface area contributed by atoms with E-state index in [1.807, 2.05) is 42.5 Å². The van der Waals surface area contributed by atoms with Gasteiger partial charge in [0.05, 0.1) is 12.3 Å². The molecular weight excluding hydrogens is 314 g/mol. The van der Waals surface area contributed by atoms with E-state index >= 15 is 0 Å². The van der Waals surface area contributed by atoms with Crippen molar-refractivity contribution in [2.45, 2.75) is 39.5 Å². The number of ether oxygens (including phenoxy) is 1. The van der Waals surface area contributed by atoms with Crippen LogP contribution in [0.3, 0.4) is 0 Å². The number of nitrogen functional groups attached to an aromatic ring is 1. The molecule has 0 bridgehead atoms. The number of benzene rings is 2. The predicted octanol–water partition coefficient (Wildman–Crippen LogP) is 4.93. The lowest BCUT2D eigenvalue weighted by atomic mass is 10.2. The van der Waals surface area contributed by atoms with Gasteiger partial charge in [0, 0.05) is 30.1 Å². The van der Waals surface area contributed by atoms with Crippen LogP contribution in [-0.2, 0) is 4.79 Å². The van der Waals surface area contributed by atoms with Crippen molar-refractivity contribution in [3.63, 3.8) is 0 Å². The third-order valence-electron chi connectivity index (χ3n) is 3.75. The summed E-state index contributed by atoms with van der Waals surface area (Å²) >= 11 is 0. The summed E-state index contributed by atoms with van der Waals surface area (Å²) in [5, 5.41) is 6.13. The molecule has 0 aliphatic carbocycles. The van der Waals surface area contributed by atoms with E-state index in [-0.39, 0.29) is 5.91 Å². The molecule has 0 saturated carbocycles.